The predicted molar refractivity (Wildman–Crippen MR) is 128 cm³/mol. The molecule has 1 saturated heterocycles. The van der Waals surface area contributed by atoms with Gasteiger partial charge in [-0.25, -0.2) is 14.1 Å². The van der Waals surface area contributed by atoms with Gasteiger partial charge in [0, 0.05) is 29.7 Å². The van der Waals surface area contributed by atoms with Crippen LogP contribution in [-0.2, 0) is 13.0 Å². The van der Waals surface area contributed by atoms with E-state index in [2.05, 4.69) is 49.9 Å². The molecule has 166 valence electrons. The van der Waals surface area contributed by atoms with E-state index in [9.17, 15) is 4.39 Å². The van der Waals surface area contributed by atoms with Crippen LogP contribution in [0.4, 0.5) is 4.39 Å². The molecule has 0 bridgehead atoms. The van der Waals surface area contributed by atoms with Crippen molar-refractivity contribution in [1.82, 2.24) is 30.3 Å². The summed E-state index contributed by atoms with van der Waals surface area (Å²) in [7, 11) is 0. The van der Waals surface area contributed by atoms with Crippen LogP contribution in [0.1, 0.15) is 30.0 Å². The van der Waals surface area contributed by atoms with Crippen LogP contribution < -0.4 is 5.32 Å². The van der Waals surface area contributed by atoms with Gasteiger partial charge in [-0.3, -0.25) is 0 Å². The molecule has 6 nitrogen and oxygen atoms in total. The molecule has 2 N–H and O–H groups in total. The highest BCUT2D eigenvalue weighted by Gasteiger charge is 2.19. The molecular weight excluding hydrogens is 415 g/mol. The molecule has 4 heterocycles. The summed E-state index contributed by atoms with van der Waals surface area (Å²) in [5.41, 5.74) is 7.24. The largest absolute Gasteiger partial charge is 0.343 e. The van der Waals surface area contributed by atoms with Gasteiger partial charge in [-0.05, 0) is 85.4 Å². The Morgan fingerprint density at radius 3 is 2.82 bits per heavy atom. The third-order valence-electron chi connectivity index (χ3n) is 6.66. The minimum Gasteiger partial charge on any atom is -0.343 e. The Labute approximate surface area is 190 Å². The van der Waals surface area contributed by atoms with Gasteiger partial charge in [0.2, 0.25) is 0 Å². The van der Waals surface area contributed by atoms with E-state index in [0.29, 0.717) is 18.9 Å². The maximum atomic E-state index is 13.5. The molecule has 1 aliphatic rings. The molecule has 5 aromatic rings. The van der Waals surface area contributed by atoms with Crippen molar-refractivity contribution in [3.05, 3.63) is 77.9 Å². The van der Waals surface area contributed by atoms with E-state index in [4.69, 9.17) is 0 Å². The fourth-order valence-corrected chi connectivity index (χ4v) is 4.88. The van der Waals surface area contributed by atoms with Crippen molar-refractivity contribution in [2.24, 2.45) is 0 Å². The molecule has 1 aliphatic heterocycles. The lowest BCUT2D eigenvalue weighted by atomic mass is 9.94. The average molecular weight is 441 g/mol. The SMILES string of the molecule is Fc1cccc(CCn2nnc3ccc(-c4ccnc5[nH]c(C6CCNCC6)cc45)cc32)c1. The number of aromatic nitrogens is 5. The first kappa shape index (κ1) is 20.1. The number of pyridine rings is 1. The topological polar surface area (TPSA) is 71.4 Å². The maximum Gasteiger partial charge on any atom is 0.138 e. The molecular formula is C26H25FN6. The zero-order chi connectivity index (χ0) is 22.2. The van der Waals surface area contributed by atoms with Gasteiger partial charge >= 0.3 is 0 Å². The van der Waals surface area contributed by atoms with Crippen LogP contribution in [0, 0.1) is 5.82 Å². The van der Waals surface area contributed by atoms with E-state index < -0.39 is 0 Å². The fraction of sp³-hybridized carbons (Fsp3) is 0.269. The van der Waals surface area contributed by atoms with Gasteiger partial charge in [0.25, 0.3) is 0 Å². The Hall–Kier alpha value is -3.58. The second kappa shape index (κ2) is 8.41. The van der Waals surface area contributed by atoms with Crippen LogP contribution in [0.5, 0.6) is 0 Å². The van der Waals surface area contributed by atoms with E-state index in [1.54, 1.807) is 12.1 Å². The molecule has 0 amide bonds. The molecule has 2 aromatic carbocycles. The molecule has 7 heteroatoms. The Morgan fingerprint density at radius 2 is 1.94 bits per heavy atom. The van der Waals surface area contributed by atoms with Gasteiger partial charge in [0.05, 0.1) is 5.52 Å². The van der Waals surface area contributed by atoms with Gasteiger partial charge in [-0.2, -0.15) is 0 Å². The Kier molecular flexibility index (Phi) is 5.11. The molecule has 0 unspecified atom stereocenters. The van der Waals surface area contributed by atoms with E-state index in [-0.39, 0.29) is 5.82 Å². The third-order valence-corrected chi connectivity index (χ3v) is 6.66. The highest BCUT2D eigenvalue weighted by atomic mass is 19.1. The number of piperidine rings is 1. The average Bonchev–Trinajstić information content (AvgIpc) is 3.47. The highest BCUT2D eigenvalue weighted by Crippen LogP contribution is 2.33. The number of aryl methyl sites for hydroxylation is 2. The van der Waals surface area contributed by atoms with Crippen molar-refractivity contribution in [3.63, 3.8) is 0 Å². The number of H-pyrrole nitrogens is 1. The number of nitrogens with zero attached hydrogens (tertiary/aromatic N) is 4. The van der Waals surface area contributed by atoms with Gasteiger partial charge in [-0.1, -0.05) is 23.4 Å². The first-order valence-corrected chi connectivity index (χ1v) is 11.5. The maximum absolute atomic E-state index is 13.5. The fourth-order valence-electron chi connectivity index (χ4n) is 4.88. The summed E-state index contributed by atoms with van der Waals surface area (Å²) in [5.74, 6) is 0.333. The molecule has 0 atom stereocenters. The van der Waals surface area contributed by atoms with E-state index >= 15 is 0 Å². The predicted octanol–water partition coefficient (Wildman–Crippen LogP) is 4.82. The van der Waals surface area contributed by atoms with Crippen LogP contribution in [0.2, 0.25) is 0 Å². The standard InChI is InChI=1S/C26H25FN6/c27-20-3-1-2-17(14-20)9-13-33-25-15-19(4-5-23(25)31-32-33)21-8-12-29-26-22(21)16-24(30-26)18-6-10-28-11-7-18/h1-5,8,12,14-16,18,28H,6-7,9-11,13H2,(H,29,30). The van der Waals surface area contributed by atoms with Gasteiger partial charge < -0.3 is 10.3 Å². The Morgan fingerprint density at radius 1 is 1.03 bits per heavy atom. The zero-order valence-corrected chi connectivity index (χ0v) is 18.3. The lowest BCUT2D eigenvalue weighted by Crippen LogP contribution is -2.26. The summed E-state index contributed by atoms with van der Waals surface area (Å²) >= 11 is 0. The summed E-state index contributed by atoms with van der Waals surface area (Å²) in [5, 5.41) is 13.2. The first-order chi connectivity index (χ1) is 16.2. The minimum absolute atomic E-state index is 0.213. The number of fused-ring (bicyclic) bond motifs is 2. The first-order valence-electron chi connectivity index (χ1n) is 11.5. The van der Waals surface area contributed by atoms with Crippen LogP contribution in [0.25, 0.3) is 33.2 Å². The van der Waals surface area contributed by atoms with Crippen molar-refractivity contribution in [1.29, 1.82) is 0 Å². The number of hydrogen-bond acceptors (Lipinski definition) is 4. The lowest BCUT2D eigenvalue weighted by Gasteiger charge is -2.21. The number of nitrogens with one attached hydrogen (secondary N) is 2. The molecule has 6 rings (SSSR count). The molecule has 0 aliphatic carbocycles. The van der Waals surface area contributed by atoms with Crippen LogP contribution in [-0.4, -0.2) is 38.1 Å². The number of benzene rings is 2. The summed E-state index contributed by atoms with van der Waals surface area (Å²) in [4.78, 5) is 8.15. The monoisotopic (exact) mass is 440 g/mol. The molecule has 0 radical (unpaired) electrons. The van der Waals surface area contributed by atoms with Crippen LogP contribution >= 0.6 is 0 Å². The second-order valence-electron chi connectivity index (χ2n) is 8.77. The summed E-state index contributed by atoms with van der Waals surface area (Å²) < 4.78 is 15.4. The lowest BCUT2D eigenvalue weighted by molar-refractivity contribution is 0.455. The second-order valence-corrected chi connectivity index (χ2v) is 8.77. The van der Waals surface area contributed by atoms with Crippen molar-refractivity contribution < 1.29 is 4.39 Å². The third kappa shape index (κ3) is 3.89. The van der Waals surface area contributed by atoms with E-state index in [1.165, 1.54) is 11.8 Å². The van der Waals surface area contributed by atoms with Crippen molar-refractivity contribution >= 4 is 22.1 Å². The molecule has 0 saturated carbocycles. The molecule has 1 fully saturated rings. The Balaban J connectivity index is 1.34. The van der Waals surface area contributed by atoms with Crippen molar-refractivity contribution in [3.8, 4) is 11.1 Å². The highest BCUT2D eigenvalue weighted by molar-refractivity contribution is 5.95. The van der Waals surface area contributed by atoms with Gasteiger partial charge in [0.1, 0.15) is 17.0 Å². The summed E-state index contributed by atoms with van der Waals surface area (Å²) in [6.07, 6.45) is 4.84. The number of aromatic amines is 1. The molecule has 33 heavy (non-hydrogen) atoms. The zero-order valence-electron chi connectivity index (χ0n) is 18.3. The smallest absolute Gasteiger partial charge is 0.138 e. The summed E-state index contributed by atoms with van der Waals surface area (Å²) in [6.45, 7) is 2.76. The number of halogens is 1. The van der Waals surface area contributed by atoms with Crippen molar-refractivity contribution in [2.45, 2.75) is 31.7 Å². The van der Waals surface area contributed by atoms with Gasteiger partial charge in [-0.15, -0.1) is 5.10 Å². The number of hydrogen-bond donors (Lipinski definition) is 2. The molecule has 0 spiro atoms. The normalized spacial score (nSPS) is 14.9. The van der Waals surface area contributed by atoms with Gasteiger partial charge in [0.15, 0.2) is 0 Å². The van der Waals surface area contributed by atoms with Crippen LogP contribution in [0.15, 0.2) is 60.8 Å². The van der Waals surface area contributed by atoms with E-state index in [1.807, 2.05) is 23.0 Å². The van der Waals surface area contributed by atoms with Crippen LogP contribution in [0.3, 0.4) is 0 Å². The molecule has 3 aromatic heterocycles. The Bertz CT molecular complexity index is 1430. The quantitative estimate of drug-likeness (QED) is 0.411. The van der Waals surface area contributed by atoms with E-state index in [0.717, 1.165) is 64.7 Å². The number of rotatable bonds is 5. The summed E-state index contributed by atoms with van der Waals surface area (Å²) in [6, 6.07) is 17.3. The van der Waals surface area contributed by atoms with Crippen molar-refractivity contribution in [2.75, 3.05) is 13.1 Å². The minimum atomic E-state index is -0.213.